The van der Waals surface area contributed by atoms with Crippen molar-refractivity contribution < 1.29 is 39.5 Å². The zero-order valence-corrected chi connectivity index (χ0v) is 25.1. The summed E-state index contributed by atoms with van der Waals surface area (Å²) in [6, 6.07) is 4.83. The number of carbonyl (C=O) groups is 1. The molecule has 1 aliphatic rings. The molecule has 0 aromatic heterocycles. The maximum absolute atomic E-state index is 12.8. The van der Waals surface area contributed by atoms with Gasteiger partial charge in [-0.3, -0.25) is 9.69 Å². The van der Waals surface area contributed by atoms with E-state index in [2.05, 4.69) is 6.92 Å². The van der Waals surface area contributed by atoms with Crippen LogP contribution in [0.1, 0.15) is 96.8 Å². The quantitative estimate of drug-likeness (QED) is 0.102. The molecule has 2 rings (SSSR count). The van der Waals surface area contributed by atoms with Crippen LogP contribution in [0.15, 0.2) is 30.2 Å². The summed E-state index contributed by atoms with van der Waals surface area (Å²) in [5.74, 6) is -0.432. The van der Waals surface area contributed by atoms with Gasteiger partial charge in [-0.05, 0) is 36.8 Å². The molecule has 184 valence electrons. The molecule has 8 heteroatoms. The van der Waals surface area contributed by atoms with Gasteiger partial charge in [0.1, 0.15) is 0 Å². The molecule has 1 saturated heterocycles. The molecule has 1 fully saturated rings. The number of nitrogens with zero attached hydrogens (tertiary/aromatic N) is 2. The normalized spacial score (nSPS) is 14.9. The van der Waals surface area contributed by atoms with Crippen molar-refractivity contribution >= 4 is 52.1 Å². The van der Waals surface area contributed by atoms with Gasteiger partial charge < -0.3 is 10.0 Å². The summed E-state index contributed by atoms with van der Waals surface area (Å²) < 4.78 is 0. The van der Waals surface area contributed by atoms with Crippen molar-refractivity contribution in [3.8, 4) is 0 Å². The smallest absolute Gasteiger partial charge is 0.876 e. The summed E-state index contributed by atoms with van der Waals surface area (Å²) in [6.07, 6.45) is 18.5. The molecule has 0 spiro atoms. The van der Waals surface area contributed by atoms with E-state index in [1.807, 2.05) is 0 Å². The third kappa shape index (κ3) is 10.4. The molecule has 1 heterocycles. The zero-order chi connectivity index (χ0) is 24.1. The Kier molecular flexibility index (Phi) is 16.8. The monoisotopic (exact) mass is 534 g/mol. The van der Waals surface area contributed by atoms with Crippen LogP contribution in [0.25, 0.3) is 0 Å². The van der Waals surface area contributed by atoms with E-state index in [1.54, 1.807) is 23.1 Å². The van der Waals surface area contributed by atoms with Crippen LogP contribution in [-0.4, -0.2) is 22.5 Å². The maximum atomic E-state index is 12.8. The van der Waals surface area contributed by atoms with Gasteiger partial charge in [-0.2, -0.15) is 0 Å². The van der Waals surface area contributed by atoms with Gasteiger partial charge in [-0.25, -0.2) is 0 Å². The van der Waals surface area contributed by atoms with Gasteiger partial charge in [0.15, 0.2) is 5.11 Å². The van der Waals surface area contributed by atoms with Gasteiger partial charge in [-0.15, -0.1) is 6.26 Å². The molecule has 1 amide bonds. The molecule has 1 aromatic rings. The molecule has 34 heavy (non-hydrogen) atoms. The van der Waals surface area contributed by atoms with Crippen LogP contribution in [0.4, 0.5) is 5.69 Å². The molecule has 1 aromatic carbocycles. The Labute approximate surface area is 243 Å². The van der Waals surface area contributed by atoms with Crippen LogP contribution >= 0.6 is 35.4 Å². The van der Waals surface area contributed by atoms with Crippen molar-refractivity contribution in [2.75, 3.05) is 11.4 Å². The van der Waals surface area contributed by atoms with Crippen molar-refractivity contribution in [2.24, 2.45) is 0 Å². The Hall–Kier alpha value is -0.300. The van der Waals surface area contributed by atoms with Gasteiger partial charge in [0.25, 0.3) is 5.91 Å². The Balaban J connectivity index is 0.00000578. The molecule has 0 bridgehead atoms. The average molecular weight is 536 g/mol. The maximum Gasteiger partial charge on any atom is 1.00 e. The van der Waals surface area contributed by atoms with Crippen molar-refractivity contribution in [3.05, 3.63) is 40.2 Å². The molecular weight excluding hydrogens is 498 g/mol. The predicted octanol–water partition coefficient (Wildman–Crippen LogP) is 4.61. The van der Waals surface area contributed by atoms with Gasteiger partial charge in [0.05, 0.1) is 11.4 Å². The number of hydrogen-bond donors (Lipinski definition) is 0. The molecule has 4 nitrogen and oxygen atoms in total. The largest absolute Gasteiger partial charge is 1.00 e. The Bertz CT molecular complexity index is 787. The number of halogens is 2. The molecule has 0 N–H and O–H groups in total. The molecule has 0 saturated carbocycles. The first-order chi connectivity index (χ1) is 16.0. The number of amides is 1. The Morgan fingerprint density at radius 1 is 0.824 bits per heavy atom. The fraction of sp³-hybridized carbons (Fsp3) is 0.615. The summed E-state index contributed by atoms with van der Waals surface area (Å²) in [6.45, 7) is 2.82. The SMILES string of the molecule is CCCCCCCCCCCCCCCCN1C(=S)N(c2cc(Cl)cc(Cl)c2)C(=O)/C1=C\[O-].[Na+]. The second kappa shape index (κ2) is 18.0. The molecule has 1 aliphatic heterocycles. The van der Waals surface area contributed by atoms with Crippen molar-refractivity contribution in [1.29, 1.82) is 0 Å². The average Bonchev–Trinajstić information content (AvgIpc) is 3.02. The number of thiocarbonyl (C=S) groups is 1. The van der Waals surface area contributed by atoms with Gasteiger partial charge >= 0.3 is 29.6 Å². The predicted molar refractivity (Wildman–Crippen MR) is 142 cm³/mol. The van der Waals surface area contributed by atoms with E-state index in [0.717, 1.165) is 19.3 Å². The van der Waals surface area contributed by atoms with Crippen molar-refractivity contribution in [1.82, 2.24) is 4.90 Å². The first kappa shape index (κ1) is 31.7. The minimum atomic E-state index is -0.432. The van der Waals surface area contributed by atoms with E-state index in [9.17, 15) is 9.90 Å². The fourth-order valence-electron chi connectivity index (χ4n) is 4.23. The second-order valence-electron chi connectivity index (χ2n) is 8.80. The van der Waals surface area contributed by atoms with E-state index < -0.39 is 5.91 Å². The third-order valence-electron chi connectivity index (χ3n) is 6.09. The fourth-order valence-corrected chi connectivity index (χ4v) is 5.12. The molecule has 0 aliphatic carbocycles. The van der Waals surface area contributed by atoms with E-state index >= 15 is 0 Å². The van der Waals surface area contributed by atoms with Gasteiger partial charge in [0.2, 0.25) is 0 Å². The number of carbonyl (C=O) groups excluding carboxylic acids is 1. The summed E-state index contributed by atoms with van der Waals surface area (Å²) in [5.41, 5.74) is 0.552. The molecular formula is C26H37Cl2N2NaO2S. The summed E-state index contributed by atoms with van der Waals surface area (Å²) in [5, 5.41) is 12.7. The van der Waals surface area contributed by atoms with Crippen molar-refractivity contribution in [3.63, 3.8) is 0 Å². The Morgan fingerprint density at radius 3 is 1.71 bits per heavy atom. The van der Waals surface area contributed by atoms with Crippen LogP contribution in [0.2, 0.25) is 10.0 Å². The number of anilines is 1. The van der Waals surface area contributed by atoms with E-state index in [4.69, 9.17) is 35.4 Å². The van der Waals surface area contributed by atoms with Crippen LogP contribution in [0, 0.1) is 0 Å². The third-order valence-corrected chi connectivity index (χ3v) is 6.93. The number of benzene rings is 1. The number of unbranched alkanes of at least 4 members (excludes halogenated alkanes) is 13. The van der Waals surface area contributed by atoms with E-state index in [-0.39, 0.29) is 35.3 Å². The van der Waals surface area contributed by atoms with Crippen molar-refractivity contribution in [2.45, 2.75) is 96.8 Å². The minimum Gasteiger partial charge on any atom is -0.876 e. The van der Waals surface area contributed by atoms with Crippen LogP contribution < -0.4 is 39.6 Å². The summed E-state index contributed by atoms with van der Waals surface area (Å²) >= 11 is 17.7. The number of hydrogen-bond acceptors (Lipinski definition) is 3. The first-order valence-corrected chi connectivity index (χ1v) is 13.6. The van der Waals surface area contributed by atoms with Crippen LogP contribution in [0.5, 0.6) is 0 Å². The van der Waals surface area contributed by atoms with Gasteiger partial charge in [-0.1, -0.05) is 114 Å². The number of rotatable bonds is 16. The second-order valence-corrected chi connectivity index (χ2v) is 10.0. The van der Waals surface area contributed by atoms with Gasteiger partial charge in [0, 0.05) is 16.6 Å². The first-order valence-electron chi connectivity index (χ1n) is 12.4. The van der Waals surface area contributed by atoms with Crippen LogP contribution in [-0.2, 0) is 4.79 Å². The molecule has 0 atom stereocenters. The molecule has 0 radical (unpaired) electrons. The molecule has 0 unspecified atom stereocenters. The minimum absolute atomic E-state index is 0. The summed E-state index contributed by atoms with van der Waals surface area (Å²) in [4.78, 5) is 15.7. The zero-order valence-electron chi connectivity index (χ0n) is 20.8. The topological polar surface area (TPSA) is 46.6 Å². The Morgan fingerprint density at radius 2 is 1.26 bits per heavy atom. The standard InChI is InChI=1S/C26H38Cl2N2O2S.Na/c1-2-3-4-5-6-7-8-9-10-11-12-13-14-15-16-29-24(20-31)25(32)30(26(29)33)23-18-21(27)17-22(28)19-23;/h17-20,31H,2-16H2,1H3;/q;+1/p-1/b24-20+;. The van der Waals surface area contributed by atoms with E-state index in [1.165, 1.54) is 75.5 Å². The van der Waals surface area contributed by atoms with E-state index in [0.29, 0.717) is 33.7 Å². The summed E-state index contributed by atoms with van der Waals surface area (Å²) in [7, 11) is 0. The van der Waals surface area contributed by atoms with Crippen LogP contribution in [0.3, 0.4) is 0 Å².